The Kier molecular flexibility index (Phi) is 3.66. The minimum atomic E-state index is -0.385. The van der Waals surface area contributed by atoms with Crippen molar-refractivity contribution >= 4 is 17.3 Å². The largest absolute Gasteiger partial charge is 0.382 e. The van der Waals surface area contributed by atoms with Crippen molar-refractivity contribution in [2.75, 3.05) is 18.5 Å². The van der Waals surface area contributed by atoms with E-state index in [1.54, 1.807) is 12.1 Å². The van der Waals surface area contributed by atoms with Gasteiger partial charge in [0.05, 0.1) is 11.6 Å². The van der Waals surface area contributed by atoms with Crippen LogP contribution in [0.3, 0.4) is 0 Å². The highest BCUT2D eigenvalue weighted by Gasteiger charge is 2.22. The van der Waals surface area contributed by atoms with Crippen molar-refractivity contribution < 1.29 is 9.13 Å². The maximum atomic E-state index is 13.0. The molecule has 1 saturated heterocycles. The van der Waals surface area contributed by atoms with E-state index in [9.17, 15) is 4.39 Å². The van der Waals surface area contributed by atoms with E-state index in [-0.39, 0.29) is 10.8 Å². The summed E-state index contributed by atoms with van der Waals surface area (Å²) in [5.74, 6) is 0.132. The van der Waals surface area contributed by atoms with E-state index in [0.29, 0.717) is 12.0 Å². The molecule has 0 amide bonds. The SMILES string of the molecule is CC(Nc1ccc(F)c(Cl)c1)C1CCOC1. The third kappa shape index (κ3) is 2.66. The van der Waals surface area contributed by atoms with Crippen molar-refractivity contribution in [3.8, 4) is 0 Å². The first-order valence-corrected chi connectivity index (χ1v) is 5.84. The van der Waals surface area contributed by atoms with Crippen molar-refractivity contribution in [3.63, 3.8) is 0 Å². The van der Waals surface area contributed by atoms with E-state index in [4.69, 9.17) is 16.3 Å². The Hall–Kier alpha value is -0.800. The topological polar surface area (TPSA) is 21.3 Å². The predicted octanol–water partition coefficient (Wildman–Crippen LogP) is 3.32. The number of nitrogens with one attached hydrogen (secondary N) is 1. The number of ether oxygens (including phenoxy) is 1. The lowest BCUT2D eigenvalue weighted by Gasteiger charge is -2.20. The van der Waals surface area contributed by atoms with Crippen LogP contribution >= 0.6 is 11.6 Å². The Morgan fingerprint density at radius 3 is 3.00 bits per heavy atom. The molecule has 2 unspecified atom stereocenters. The number of anilines is 1. The van der Waals surface area contributed by atoms with Crippen LogP contribution in [-0.2, 0) is 4.74 Å². The molecule has 1 aliphatic rings. The third-order valence-electron chi connectivity index (χ3n) is 2.99. The van der Waals surface area contributed by atoms with Gasteiger partial charge in [0, 0.05) is 24.3 Å². The molecule has 1 fully saturated rings. The van der Waals surface area contributed by atoms with Crippen molar-refractivity contribution in [1.29, 1.82) is 0 Å². The second kappa shape index (κ2) is 5.02. The minimum absolute atomic E-state index is 0.153. The molecule has 2 nitrogen and oxygen atoms in total. The van der Waals surface area contributed by atoms with Crippen molar-refractivity contribution in [3.05, 3.63) is 29.0 Å². The molecule has 0 bridgehead atoms. The lowest BCUT2D eigenvalue weighted by atomic mass is 10.0. The maximum absolute atomic E-state index is 13.0. The van der Waals surface area contributed by atoms with E-state index in [0.717, 1.165) is 25.3 Å². The molecule has 0 aliphatic carbocycles. The first-order valence-electron chi connectivity index (χ1n) is 5.46. The first-order chi connectivity index (χ1) is 7.66. The lowest BCUT2D eigenvalue weighted by Crippen LogP contribution is -2.26. The summed E-state index contributed by atoms with van der Waals surface area (Å²) in [6.07, 6.45) is 1.07. The van der Waals surface area contributed by atoms with Crippen LogP contribution in [0.2, 0.25) is 5.02 Å². The summed E-state index contributed by atoms with van der Waals surface area (Å²) in [5, 5.41) is 3.47. The molecule has 1 aromatic rings. The van der Waals surface area contributed by atoms with Crippen LogP contribution in [0.25, 0.3) is 0 Å². The monoisotopic (exact) mass is 243 g/mol. The summed E-state index contributed by atoms with van der Waals surface area (Å²) in [6, 6.07) is 5.00. The molecule has 1 heterocycles. The molecule has 2 rings (SSSR count). The Balaban J connectivity index is 1.99. The Morgan fingerprint density at radius 1 is 1.56 bits per heavy atom. The van der Waals surface area contributed by atoms with Gasteiger partial charge in [-0.25, -0.2) is 4.39 Å². The van der Waals surface area contributed by atoms with Gasteiger partial charge in [0.1, 0.15) is 5.82 Å². The quantitative estimate of drug-likeness (QED) is 0.880. The summed E-state index contributed by atoms with van der Waals surface area (Å²) < 4.78 is 18.3. The number of halogens is 2. The number of hydrogen-bond acceptors (Lipinski definition) is 2. The molecule has 4 heteroatoms. The fourth-order valence-corrected chi connectivity index (χ4v) is 2.09. The highest BCUT2D eigenvalue weighted by atomic mass is 35.5. The van der Waals surface area contributed by atoms with Gasteiger partial charge >= 0.3 is 0 Å². The van der Waals surface area contributed by atoms with E-state index >= 15 is 0 Å². The number of rotatable bonds is 3. The van der Waals surface area contributed by atoms with Gasteiger partial charge in [0.15, 0.2) is 0 Å². The van der Waals surface area contributed by atoms with Crippen molar-refractivity contribution in [2.45, 2.75) is 19.4 Å². The molecule has 0 aromatic heterocycles. The molecule has 1 N–H and O–H groups in total. The maximum Gasteiger partial charge on any atom is 0.141 e. The fourth-order valence-electron chi connectivity index (χ4n) is 1.91. The van der Waals surface area contributed by atoms with Gasteiger partial charge in [-0.15, -0.1) is 0 Å². The summed E-state index contributed by atoms with van der Waals surface area (Å²) in [6.45, 7) is 3.74. The summed E-state index contributed by atoms with van der Waals surface area (Å²) in [5.41, 5.74) is 0.853. The molecule has 0 saturated carbocycles. The normalized spacial score (nSPS) is 22.1. The molecule has 1 aromatic carbocycles. The van der Waals surface area contributed by atoms with Crippen molar-refractivity contribution in [2.24, 2.45) is 5.92 Å². The fraction of sp³-hybridized carbons (Fsp3) is 0.500. The van der Waals surface area contributed by atoms with Gasteiger partial charge in [-0.2, -0.15) is 0 Å². The van der Waals surface area contributed by atoms with Gasteiger partial charge in [-0.1, -0.05) is 11.6 Å². The van der Waals surface area contributed by atoms with E-state index in [2.05, 4.69) is 12.2 Å². The zero-order valence-electron chi connectivity index (χ0n) is 9.17. The second-order valence-corrected chi connectivity index (χ2v) is 4.59. The molecular weight excluding hydrogens is 229 g/mol. The molecule has 88 valence electrons. The first kappa shape index (κ1) is 11.7. The summed E-state index contributed by atoms with van der Waals surface area (Å²) in [4.78, 5) is 0. The van der Waals surface area contributed by atoms with E-state index < -0.39 is 0 Å². The van der Waals surface area contributed by atoms with Crippen LogP contribution < -0.4 is 5.32 Å². The minimum Gasteiger partial charge on any atom is -0.382 e. The molecular formula is C12H15ClFNO. The number of hydrogen-bond donors (Lipinski definition) is 1. The molecule has 0 radical (unpaired) electrons. The Bertz CT molecular complexity index is 366. The summed E-state index contributed by atoms with van der Waals surface area (Å²) >= 11 is 5.72. The third-order valence-corrected chi connectivity index (χ3v) is 3.28. The van der Waals surface area contributed by atoms with E-state index in [1.807, 2.05) is 0 Å². The van der Waals surface area contributed by atoms with Gasteiger partial charge in [-0.3, -0.25) is 0 Å². The lowest BCUT2D eigenvalue weighted by molar-refractivity contribution is 0.183. The van der Waals surface area contributed by atoms with Crippen molar-refractivity contribution in [1.82, 2.24) is 0 Å². The Morgan fingerprint density at radius 2 is 2.38 bits per heavy atom. The Labute approximate surface area is 99.7 Å². The van der Waals surface area contributed by atoms with Gasteiger partial charge < -0.3 is 10.1 Å². The molecule has 0 spiro atoms. The van der Waals surface area contributed by atoms with Crippen LogP contribution in [0, 0.1) is 11.7 Å². The predicted molar refractivity (Wildman–Crippen MR) is 63.4 cm³/mol. The average molecular weight is 244 g/mol. The van der Waals surface area contributed by atoms with Gasteiger partial charge in [0.25, 0.3) is 0 Å². The van der Waals surface area contributed by atoms with E-state index in [1.165, 1.54) is 6.07 Å². The van der Waals surface area contributed by atoms with Gasteiger partial charge in [0.2, 0.25) is 0 Å². The van der Waals surface area contributed by atoms with Crippen LogP contribution in [0.4, 0.5) is 10.1 Å². The molecule has 2 atom stereocenters. The standard InChI is InChI=1S/C12H15ClFNO/c1-8(9-4-5-16-7-9)15-10-2-3-12(14)11(13)6-10/h2-3,6,8-9,15H,4-5,7H2,1H3. The van der Waals surface area contributed by atoms with Crippen LogP contribution in [0.5, 0.6) is 0 Å². The molecule has 16 heavy (non-hydrogen) atoms. The average Bonchev–Trinajstić information content (AvgIpc) is 2.77. The smallest absolute Gasteiger partial charge is 0.141 e. The number of benzene rings is 1. The highest BCUT2D eigenvalue weighted by Crippen LogP contribution is 2.23. The zero-order chi connectivity index (χ0) is 11.5. The zero-order valence-corrected chi connectivity index (χ0v) is 9.93. The highest BCUT2D eigenvalue weighted by molar-refractivity contribution is 6.31. The molecule has 1 aliphatic heterocycles. The van der Waals surface area contributed by atoms with Crippen LogP contribution in [-0.4, -0.2) is 19.3 Å². The van der Waals surface area contributed by atoms with Crippen LogP contribution in [0.15, 0.2) is 18.2 Å². The second-order valence-electron chi connectivity index (χ2n) is 4.19. The van der Waals surface area contributed by atoms with Gasteiger partial charge in [-0.05, 0) is 31.5 Å². The summed E-state index contributed by atoms with van der Waals surface area (Å²) in [7, 11) is 0. The van der Waals surface area contributed by atoms with Crippen LogP contribution in [0.1, 0.15) is 13.3 Å².